The van der Waals surface area contributed by atoms with E-state index in [1.54, 1.807) is 0 Å². The van der Waals surface area contributed by atoms with Crippen molar-refractivity contribution in [2.45, 2.75) is 33.1 Å². The maximum absolute atomic E-state index is 12.6. The van der Waals surface area contributed by atoms with E-state index < -0.39 is 5.41 Å². The zero-order valence-corrected chi connectivity index (χ0v) is 11.2. The minimum atomic E-state index is -0.409. The number of ether oxygens (including phenoxy) is 1. The Balaban J connectivity index is 2.33. The molecule has 0 aromatic heterocycles. The number of carbonyl (C=O) groups excluding carboxylic acids is 1. The highest BCUT2D eigenvalue weighted by atomic mass is 16.5. The van der Waals surface area contributed by atoms with Gasteiger partial charge in [-0.3, -0.25) is 4.79 Å². The molecule has 1 aromatic carbocycles. The first-order valence-electron chi connectivity index (χ1n) is 6.67. The molecule has 0 unspecified atom stereocenters. The predicted octanol–water partition coefficient (Wildman–Crippen LogP) is 2.57. The molecule has 0 saturated carbocycles. The summed E-state index contributed by atoms with van der Waals surface area (Å²) in [7, 11) is 0. The lowest BCUT2D eigenvalue weighted by Gasteiger charge is -2.28. The van der Waals surface area contributed by atoms with E-state index in [1.165, 1.54) is 0 Å². The molecule has 0 bridgehead atoms. The molecule has 1 aromatic rings. The van der Waals surface area contributed by atoms with Crippen LogP contribution in [0.4, 0.5) is 0 Å². The number of fused-ring (bicyclic) bond motifs is 1. The second-order valence-corrected chi connectivity index (χ2v) is 4.94. The number of hydrogen-bond donors (Lipinski definition) is 1. The zero-order valence-electron chi connectivity index (χ0n) is 11.2. The van der Waals surface area contributed by atoms with Crippen molar-refractivity contribution in [1.29, 1.82) is 0 Å². The van der Waals surface area contributed by atoms with Gasteiger partial charge < -0.3 is 10.5 Å². The Bertz CT molecular complexity index is 442. The molecule has 1 aliphatic rings. The molecule has 3 heteroatoms. The Hall–Kier alpha value is -1.35. The summed E-state index contributed by atoms with van der Waals surface area (Å²) in [5.74, 6) is 1.09. The highest BCUT2D eigenvalue weighted by Crippen LogP contribution is 2.32. The second-order valence-electron chi connectivity index (χ2n) is 4.94. The van der Waals surface area contributed by atoms with E-state index in [0.29, 0.717) is 6.54 Å². The molecule has 0 saturated heterocycles. The van der Waals surface area contributed by atoms with Crippen molar-refractivity contribution in [3.05, 3.63) is 29.3 Å². The fraction of sp³-hybridized carbons (Fsp3) is 0.533. The minimum absolute atomic E-state index is 0.171. The normalized spacial score (nSPS) is 14.2. The monoisotopic (exact) mass is 247 g/mol. The van der Waals surface area contributed by atoms with E-state index in [1.807, 2.05) is 32.0 Å². The number of rotatable bonds is 5. The molecule has 0 spiro atoms. The van der Waals surface area contributed by atoms with Crippen molar-refractivity contribution in [1.82, 2.24) is 0 Å². The molecule has 2 rings (SSSR count). The third kappa shape index (κ3) is 2.03. The molecular formula is C15H21NO2. The van der Waals surface area contributed by atoms with Gasteiger partial charge in [-0.15, -0.1) is 0 Å². The SMILES string of the molecule is CCC(CC)(CN)C(=O)c1ccc2c(c1)CCO2. The van der Waals surface area contributed by atoms with Crippen LogP contribution in [0.3, 0.4) is 0 Å². The Kier molecular flexibility index (Phi) is 3.71. The van der Waals surface area contributed by atoms with Crippen molar-refractivity contribution in [3.8, 4) is 5.75 Å². The lowest BCUT2D eigenvalue weighted by atomic mass is 9.75. The first-order chi connectivity index (χ1) is 8.66. The summed E-state index contributed by atoms with van der Waals surface area (Å²) in [6.45, 7) is 5.19. The van der Waals surface area contributed by atoms with Gasteiger partial charge >= 0.3 is 0 Å². The molecule has 1 aliphatic heterocycles. The van der Waals surface area contributed by atoms with Crippen LogP contribution in [0.5, 0.6) is 5.75 Å². The van der Waals surface area contributed by atoms with E-state index in [2.05, 4.69) is 0 Å². The number of nitrogens with two attached hydrogens (primary N) is 1. The molecule has 0 fully saturated rings. The van der Waals surface area contributed by atoms with E-state index in [4.69, 9.17) is 10.5 Å². The standard InChI is InChI=1S/C15H21NO2/c1-3-15(4-2,10-16)14(17)12-5-6-13-11(9-12)7-8-18-13/h5-6,9H,3-4,7-8,10,16H2,1-2H3. The fourth-order valence-corrected chi connectivity index (χ4v) is 2.59. The number of ketones is 1. The topological polar surface area (TPSA) is 52.3 Å². The highest BCUT2D eigenvalue weighted by Gasteiger charge is 2.34. The summed E-state index contributed by atoms with van der Waals surface area (Å²) in [4.78, 5) is 12.6. The lowest BCUT2D eigenvalue weighted by molar-refractivity contribution is 0.0787. The molecule has 18 heavy (non-hydrogen) atoms. The summed E-state index contributed by atoms with van der Waals surface area (Å²) < 4.78 is 5.46. The van der Waals surface area contributed by atoms with Crippen molar-refractivity contribution in [2.75, 3.05) is 13.2 Å². The quantitative estimate of drug-likeness (QED) is 0.814. The number of benzene rings is 1. The molecule has 0 radical (unpaired) electrons. The largest absolute Gasteiger partial charge is 0.493 e. The first-order valence-corrected chi connectivity index (χ1v) is 6.67. The van der Waals surface area contributed by atoms with Crippen LogP contribution in [-0.2, 0) is 6.42 Å². The molecule has 0 amide bonds. The van der Waals surface area contributed by atoms with E-state index in [0.717, 1.165) is 42.7 Å². The number of hydrogen-bond acceptors (Lipinski definition) is 3. The lowest BCUT2D eigenvalue weighted by Crippen LogP contribution is -2.37. The summed E-state index contributed by atoms with van der Waals surface area (Å²) in [5.41, 5.74) is 7.33. The summed E-state index contributed by atoms with van der Waals surface area (Å²) in [5, 5.41) is 0. The minimum Gasteiger partial charge on any atom is -0.493 e. The average molecular weight is 247 g/mol. The zero-order chi connectivity index (χ0) is 13.2. The van der Waals surface area contributed by atoms with E-state index in [-0.39, 0.29) is 5.78 Å². The fourth-order valence-electron chi connectivity index (χ4n) is 2.59. The van der Waals surface area contributed by atoms with Crippen molar-refractivity contribution in [3.63, 3.8) is 0 Å². The number of Topliss-reactive ketones (excluding diaryl/α,β-unsaturated/α-hetero) is 1. The van der Waals surface area contributed by atoms with Crippen molar-refractivity contribution in [2.24, 2.45) is 11.1 Å². The predicted molar refractivity (Wildman–Crippen MR) is 72.0 cm³/mol. The van der Waals surface area contributed by atoms with Gasteiger partial charge in [0.1, 0.15) is 5.75 Å². The molecule has 0 atom stereocenters. The van der Waals surface area contributed by atoms with Crippen LogP contribution < -0.4 is 10.5 Å². The maximum atomic E-state index is 12.6. The van der Waals surface area contributed by atoms with Crippen LogP contribution >= 0.6 is 0 Å². The van der Waals surface area contributed by atoms with E-state index in [9.17, 15) is 4.79 Å². The Labute approximate surface area is 108 Å². The van der Waals surface area contributed by atoms with Crippen LogP contribution in [0.2, 0.25) is 0 Å². The summed E-state index contributed by atoms with van der Waals surface area (Å²) in [6, 6.07) is 5.74. The van der Waals surface area contributed by atoms with E-state index >= 15 is 0 Å². The van der Waals surface area contributed by atoms with Crippen LogP contribution in [0, 0.1) is 5.41 Å². The Morgan fingerprint density at radius 1 is 1.39 bits per heavy atom. The van der Waals surface area contributed by atoms with Gasteiger partial charge in [-0.05, 0) is 36.6 Å². The maximum Gasteiger partial charge on any atom is 0.170 e. The average Bonchev–Trinajstić information content (AvgIpc) is 2.88. The van der Waals surface area contributed by atoms with Crippen molar-refractivity contribution < 1.29 is 9.53 Å². The van der Waals surface area contributed by atoms with Gasteiger partial charge in [0.2, 0.25) is 0 Å². The van der Waals surface area contributed by atoms with Crippen molar-refractivity contribution >= 4 is 5.78 Å². The third-order valence-corrected chi connectivity index (χ3v) is 4.18. The molecule has 98 valence electrons. The van der Waals surface area contributed by atoms with Crippen LogP contribution in [-0.4, -0.2) is 18.9 Å². The molecule has 1 heterocycles. The summed E-state index contributed by atoms with van der Waals surface area (Å²) >= 11 is 0. The van der Waals surface area contributed by atoms with Gasteiger partial charge in [-0.2, -0.15) is 0 Å². The van der Waals surface area contributed by atoms with Crippen LogP contribution in [0.1, 0.15) is 42.6 Å². The highest BCUT2D eigenvalue weighted by molar-refractivity contribution is 6.01. The number of carbonyl (C=O) groups is 1. The molecule has 3 nitrogen and oxygen atoms in total. The second kappa shape index (κ2) is 5.11. The molecule has 0 aliphatic carbocycles. The first kappa shape index (κ1) is 13.1. The van der Waals surface area contributed by atoms with Gasteiger partial charge in [0.15, 0.2) is 5.78 Å². The van der Waals surface area contributed by atoms with Crippen LogP contribution in [0.25, 0.3) is 0 Å². The smallest absolute Gasteiger partial charge is 0.170 e. The van der Waals surface area contributed by atoms with Gasteiger partial charge in [0, 0.05) is 23.9 Å². The van der Waals surface area contributed by atoms with Crippen LogP contribution in [0.15, 0.2) is 18.2 Å². The molecular weight excluding hydrogens is 226 g/mol. The van der Waals surface area contributed by atoms with Gasteiger partial charge in [0.05, 0.1) is 6.61 Å². The van der Waals surface area contributed by atoms with Gasteiger partial charge in [-0.1, -0.05) is 13.8 Å². The van der Waals surface area contributed by atoms with Gasteiger partial charge in [-0.25, -0.2) is 0 Å². The Morgan fingerprint density at radius 2 is 2.11 bits per heavy atom. The molecule has 2 N–H and O–H groups in total. The van der Waals surface area contributed by atoms with Gasteiger partial charge in [0.25, 0.3) is 0 Å². The third-order valence-electron chi connectivity index (χ3n) is 4.18. The summed E-state index contributed by atoms with van der Waals surface area (Å²) in [6.07, 6.45) is 2.46. The Morgan fingerprint density at radius 3 is 2.72 bits per heavy atom.